The van der Waals surface area contributed by atoms with E-state index in [-0.39, 0.29) is 6.10 Å². The number of aryl methyl sites for hydroxylation is 1. The predicted molar refractivity (Wildman–Crippen MR) is 83.8 cm³/mol. The van der Waals surface area contributed by atoms with Crippen LogP contribution in [0.3, 0.4) is 0 Å². The van der Waals surface area contributed by atoms with Gasteiger partial charge in [-0.25, -0.2) is 0 Å². The molecule has 4 nitrogen and oxygen atoms in total. The van der Waals surface area contributed by atoms with E-state index in [9.17, 15) is 5.11 Å². The van der Waals surface area contributed by atoms with Gasteiger partial charge in [-0.05, 0) is 50.8 Å². The van der Waals surface area contributed by atoms with Crippen LogP contribution >= 0.6 is 0 Å². The van der Waals surface area contributed by atoms with Gasteiger partial charge >= 0.3 is 0 Å². The number of aliphatic hydroxyl groups is 1. The van der Waals surface area contributed by atoms with E-state index in [4.69, 9.17) is 4.74 Å². The number of hydrogen-bond donors (Lipinski definition) is 1. The van der Waals surface area contributed by atoms with Crippen LogP contribution in [0.25, 0.3) is 6.08 Å². The smallest absolute Gasteiger partial charge is 0.0976 e. The summed E-state index contributed by atoms with van der Waals surface area (Å²) in [4.78, 5) is 8.52. The number of rotatable bonds is 3. The Bertz CT molecular complexity index is 541. The number of nitrogens with zero attached hydrogens (tertiary/aromatic N) is 2. The Hall–Kier alpha value is -1.52. The number of aliphatic hydroxyl groups excluding tert-OH is 1. The minimum absolute atomic E-state index is 0.200. The summed E-state index contributed by atoms with van der Waals surface area (Å²) in [6.07, 6.45) is 8.80. The maximum absolute atomic E-state index is 10.3. The van der Waals surface area contributed by atoms with Crippen molar-refractivity contribution in [2.24, 2.45) is 0 Å². The second-order valence-corrected chi connectivity index (χ2v) is 5.80. The minimum atomic E-state index is -0.536. The maximum atomic E-state index is 10.3. The van der Waals surface area contributed by atoms with E-state index in [0.29, 0.717) is 6.42 Å². The van der Waals surface area contributed by atoms with E-state index in [1.165, 1.54) is 0 Å². The summed E-state index contributed by atoms with van der Waals surface area (Å²) in [6.45, 7) is 10.0. The molecular weight excluding hydrogens is 264 g/mol. The van der Waals surface area contributed by atoms with Gasteiger partial charge < -0.3 is 9.84 Å². The molecule has 1 N–H and O–H groups in total. The average molecular weight is 288 g/mol. The van der Waals surface area contributed by atoms with Gasteiger partial charge in [0, 0.05) is 12.4 Å². The molecule has 1 saturated heterocycles. The summed E-state index contributed by atoms with van der Waals surface area (Å²) in [5.41, 5.74) is 2.17. The van der Waals surface area contributed by atoms with Gasteiger partial charge in [-0.3, -0.25) is 9.97 Å². The van der Waals surface area contributed by atoms with Crippen LogP contribution in [0.1, 0.15) is 44.5 Å². The molecule has 1 aliphatic rings. The van der Waals surface area contributed by atoms with Crippen LogP contribution in [0.4, 0.5) is 0 Å². The van der Waals surface area contributed by atoms with E-state index in [1.807, 2.05) is 32.9 Å². The summed E-state index contributed by atoms with van der Waals surface area (Å²) in [5, 5.41) is 10.3. The largest absolute Gasteiger partial charge is 0.390 e. The summed E-state index contributed by atoms with van der Waals surface area (Å²) in [5.74, 6) is 0. The van der Waals surface area contributed by atoms with Crippen LogP contribution in [0, 0.1) is 6.92 Å². The topological polar surface area (TPSA) is 55.2 Å². The Morgan fingerprint density at radius 2 is 2.19 bits per heavy atom. The molecule has 4 heteroatoms. The standard InChI is InChI=1S/C17H24N2O2/c1-5-17(4)16(20)9-6-12(2)15(21-17)8-7-14-13(3)18-10-11-19-14/h7-8,10-11,15-16,20H,2,5-6,9H2,1,3-4H3. The molecule has 21 heavy (non-hydrogen) atoms. The number of hydrogen-bond acceptors (Lipinski definition) is 4. The highest BCUT2D eigenvalue weighted by Crippen LogP contribution is 2.33. The van der Waals surface area contributed by atoms with Crippen molar-refractivity contribution in [1.82, 2.24) is 9.97 Å². The fourth-order valence-electron chi connectivity index (χ4n) is 2.48. The van der Waals surface area contributed by atoms with Crippen molar-refractivity contribution in [3.8, 4) is 0 Å². The highest BCUT2D eigenvalue weighted by atomic mass is 16.5. The number of aromatic nitrogens is 2. The van der Waals surface area contributed by atoms with Gasteiger partial charge in [-0.2, -0.15) is 0 Å². The van der Waals surface area contributed by atoms with E-state index < -0.39 is 11.7 Å². The van der Waals surface area contributed by atoms with Gasteiger partial charge in [0.2, 0.25) is 0 Å². The molecule has 3 atom stereocenters. The van der Waals surface area contributed by atoms with Gasteiger partial charge in [0.05, 0.1) is 29.2 Å². The van der Waals surface area contributed by atoms with E-state index in [0.717, 1.165) is 29.8 Å². The van der Waals surface area contributed by atoms with Crippen molar-refractivity contribution in [3.05, 3.63) is 42.0 Å². The van der Waals surface area contributed by atoms with Crippen molar-refractivity contribution >= 4 is 6.08 Å². The molecule has 0 spiro atoms. The highest BCUT2D eigenvalue weighted by Gasteiger charge is 2.37. The lowest BCUT2D eigenvalue weighted by Gasteiger charge is -2.33. The Balaban J connectivity index is 2.21. The maximum Gasteiger partial charge on any atom is 0.0976 e. The molecule has 2 rings (SSSR count). The zero-order valence-electron chi connectivity index (χ0n) is 13.0. The fraction of sp³-hybridized carbons (Fsp3) is 0.529. The molecule has 0 aliphatic carbocycles. The Morgan fingerprint density at radius 3 is 2.86 bits per heavy atom. The summed E-state index contributed by atoms with van der Waals surface area (Å²) in [7, 11) is 0. The Labute approximate surface area is 126 Å². The molecule has 1 aromatic heterocycles. The third-order valence-corrected chi connectivity index (χ3v) is 4.29. The lowest BCUT2D eigenvalue weighted by molar-refractivity contribution is -0.118. The van der Waals surface area contributed by atoms with Crippen LogP contribution in [-0.2, 0) is 4.74 Å². The molecule has 0 saturated carbocycles. The third-order valence-electron chi connectivity index (χ3n) is 4.29. The van der Waals surface area contributed by atoms with E-state index in [2.05, 4.69) is 16.5 Å². The normalized spacial score (nSPS) is 30.6. The lowest BCUT2D eigenvalue weighted by Crippen LogP contribution is -2.42. The van der Waals surface area contributed by atoms with Crippen LogP contribution in [0.5, 0.6) is 0 Å². The van der Waals surface area contributed by atoms with E-state index >= 15 is 0 Å². The van der Waals surface area contributed by atoms with Crippen molar-refractivity contribution < 1.29 is 9.84 Å². The van der Waals surface area contributed by atoms with Crippen molar-refractivity contribution in [2.75, 3.05) is 0 Å². The summed E-state index contributed by atoms with van der Waals surface area (Å²) < 4.78 is 6.15. The molecule has 1 aliphatic heterocycles. The summed E-state index contributed by atoms with van der Waals surface area (Å²) >= 11 is 0. The molecule has 1 fully saturated rings. The molecule has 0 bridgehead atoms. The number of ether oxygens (including phenoxy) is 1. The van der Waals surface area contributed by atoms with Crippen molar-refractivity contribution in [2.45, 2.75) is 57.8 Å². The molecular formula is C17H24N2O2. The first-order valence-corrected chi connectivity index (χ1v) is 7.45. The molecule has 1 aromatic rings. The first-order valence-electron chi connectivity index (χ1n) is 7.45. The zero-order chi connectivity index (χ0) is 15.5. The predicted octanol–water partition coefficient (Wildman–Crippen LogP) is 3.06. The first-order chi connectivity index (χ1) is 9.96. The highest BCUT2D eigenvalue weighted by molar-refractivity contribution is 5.48. The monoisotopic (exact) mass is 288 g/mol. The van der Waals surface area contributed by atoms with Gasteiger partial charge in [-0.15, -0.1) is 0 Å². The van der Waals surface area contributed by atoms with Gasteiger partial charge in [0.1, 0.15) is 0 Å². The van der Waals surface area contributed by atoms with Crippen LogP contribution in [0.15, 0.2) is 30.6 Å². The molecule has 2 heterocycles. The Kier molecular flexibility index (Phi) is 4.91. The molecule has 3 unspecified atom stereocenters. The zero-order valence-corrected chi connectivity index (χ0v) is 13.0. The molecule has 0 radical (unpaired) electrons. The molecule has 0 aromatic carbocycles. The van der Waals surface area contributed by atoms with Crippen LogP contribution in [-0.4, -0.2) is 32.9 Å². The summed E-state index contributed by atoms with van der Waals surface area (Å²) in [6, 6.07) is 0. The fourth-order valence-corrected chi connectivity index (χ4v) is 2.48. The van der Waals surface area contributed by atoms with Crippen LogP contribution in [0.2, 0.25) is 0 Å². The van der Waals surface area contributed by atoms with Crippen molar-refractivity contribution in [3.63, 3.8) is 0 Å². The average Bonchev–Trinajstić information content (AvgIpc) is 2.59. The second-order valence-electron chi connectivity index (χ2n) is 5.80. The van der Waals surface area contributed by atoms with Gasteiger partial charge in [-0.1, -0.05) is 13.5 Å². The van der Waals surface area contributed by atoms with Crippen molar-refractivity contribution in [1.29, 1.82) is 0 Å². The van der Waals surface area contributed by atoms with Crippen LogP contribution < -0.4 is 0 Å². The lowest BCUT2D eigenvalue weighted by atomic mass is 9.93. The Morgan fingerprint density at radius 1 is 1.48 bits per heavy atom. The van der Waals surface area contributed by atoms with E-state index in [1.54, 1.807) is 12.4 Å². The molecule has 114 valence electrons. The first kappa shape index (κ1) is 15.9. The van der Waals surface area contributed by atoms with Gasteiger partial charge in [0.15, 0.2) is 0 Å². The minimum Gasteiger partial charge on any atom is -0.390 e. The third kappa shape index (κ3) is 3.57. The second kappa shape index (κ2) is 6.50. The molecule has 0 amide bonds. The quantitative estimate of drug-likeness (QED) is 0.869. The SMILES string of the molecule is C=C1CCC(O)C(C)(CC)OC1C=Cc1nccnc1C. The van der Waals surface area contributed by atoms with Gasteiger partial charge in [0.25, 0.3) is 0 Å².